The third-order valence-corrected chi connectivity index (χ3v) is 5.14. The molecule has 1 aliphatic heterocycles. The van der Waals surface area contributed by atoms with Crippen LogP contribution in [-0.4, -0.2) is 31.1 Å². The van der Waals surface area contributed by atoms with Crippen LogP contribution in [0.4, 0.5) is 0 Å². The third kappa shape index (κ3) is 4.51. The van der Waals surface area contributed by atoms with Gasteiger partial charge in [0.05, 0.1) is 17.6 Å². The van der Waals surface area contributed by atoms with E-state index in [0.29, 0.717) is 18.1 Å². The molecule has 0 aliphatic carbocycles. The number of rotatable bonds is 5. The molecule has 3 unspecified atom stereocenters. The minimum absolute atomic E-state index is 0.189. The standard InChI is InChI=1S/C11H22O3S/c1-3-9(2)6-11(12)7-10-4-5-15(13,14)8-10/h9-12H,3-8H2,1-2H3. The summed E-state index contributed by atoms with van der Waals surface area (Å²) < 4.78 is 22.4. The molecule has 1 fully saturated rings. The maximum atomic E-state index is 11.2. The Morgan fingerprint density at radius 2 is 2.13 bits per heavy atom. The highest BCUT2D eigenvalue weighted by molar-refractivity contribution is 7.91. The van der Waals surface area contributed by atoms with E-state index in [1.165, 1.54) is 0 Å². The lowest BCUT2D eigenvalue weighted by Gasteiger charge is -2.17. The van der Waals surface area contributed by atoms with Crippen LogP contribution in [-0.2, 0) is 9.84 Å². The molecule has 0 aromatic rings. The van der Waals surface area contributed by atoms with Crippen LogP contribution in [0.1, 0.15) is 39.5 Å². The molecule has 4 heteroatoms. The fourth-order valence-corrected chi connectivity index (χ4v) is 4.05. The van der Waals surface area contributed by atoms with E-state index in [9.17, 15) is 13.5 Å². The van der Waals surface area contributed by atoms with Crippen molar-refractivity contribution in [3.8, 4) is 0 Å². The Morgan fingerprint density at radius 3 is 2.60 bits per heavy atom. The first-order chi connectivity index (χ1) is 6.93. The largest absolute Gasteiger partial charge is 0.393 e. The van der Waals surface area contributed by atoms with Crippen LogP contribution in [0, 0.1) is 11.8 Å². The Balaban J connectivity index is 2.30. The fraction of sp³-hybridized carbons (Fsp3) is 1.00. The van der Waals surface area contributed by atoms with Crippen LogP contribution in [0.25, 0.3) is 0 Å². The number of aliphatic hydroxyl groups excluding tert-OH is 1. The number of aliphatic hydroxyl groups is 1. The monoisotopic (exact) mass is 234 g/mol. The average molecular weight is 234 g/mol. The molecule has 1 heterocycles. The van der Waals surface area contributed by atoms with E-state index in [1.54, 1.807) is 0 Å². The third-order valence-electron chi connectivity index (χ3n) is 3.30. The molecular formula is C11H22O3S. The summed E-state index contributed by atoms with van der Waals surface area (Å²) in [7, 11) is -2.79. The van der Waals surface area contributed by atoms with E-state index >= 15 is 0 Å². The Labute approximate surface area is 92.8 Å². The summed E-state index contributed by atoms with van der Waals surface area (Å²) in [6, 6.07) is 0. The lowest BCUT2D eigenvalue weighted by Crippen LogP contribution is -2.17. The summed E-state index contributed by atoms with van der Waals surface area (Å²) in [5.74, 6) is 1.31. The summed E-state index contributed by atoms with van der Waals surface area (Å²) in [6.07, 6.45) is 2.94. The second kappa shape index (κ2) is 5.30. The van der Waals surface area contributed by atoms with Crippen LogP contribution in [0.3, 0.4) is 0 Å². The lowest BCUT2D eigenvalue weighted by atomic mass is 9.93. The van der Waals surface area contributed by atoms with Crippen molar-refractivity contribution >= 4 is 9.84 Å². The molecule has 1 aliphatic rings. The molecule has 1 N–H and O–H groups in total. The first kappa shape index (κ1) is 13.0. The van der Waals surface area contributed by atoms with E-state index < -0.39 is 9.84 Å². The van der Waals surface area contributed by atoms with Crippen molar-refractivity contribution in [3.05, 3.63) is 0 Å². The Bertz CT molecular complexity index is 284. The van der Waals surface area contributed by atoms with Crippen molar-refractivity contribution in [3.63, 3.8) is 0 Å². The van der Waals surface area contributed by atoms with Gasteiger partial charge >= 0.3 is 0 Å². The molecule has 90 valence electrons. The van der Waals surface area contributed by atoms with Crippen molar-refractivity contribution < 1.29 is 13.5 Å². The fourth-order valence-electron chi connectivity index (χ4n) is 2.17. The van der Waals surface area contributed by atoms with Gasteiger partial charge in [0.15, 0.2) is 9.84 Å². The molecular weight excluding hydrogens is 212 g/mol. The molecule has 0 amide bonds. The molecule has 0 spiro atoms. The van der Waals surface area contributed by atoms with Gasteiger partial charge in [0, 0.05) is 0 Å². The van der Waals surface area contributed by atoms with Crippen molar-refractivity contribution in [2.24, 2.45) is 11.8 Å². The normalized spacial score (nSPS) is 28.9. The highest BCUT2D eigenvalue weighted by Gasteiger charge is 2.29. The molecule has 3 nitrogen and oxygen atoms in total. The van der Waals surface area contributed by atoms with Gasteiger partial charge in [0.2, 0.25) is 0 Å². The van der Waals surface area contributed by atoms with Gasteiger partial charge in [-0.1, -0.05) is 20.3 Å². The predicted octanol–water partition coefficient (Wildman–Crippen LogP) is 1.61. The minimum atomic E-state index is -2.79. The van der Waals surface area contributed by atoms with Crippen molar-refractivity contribution in [1.29, 1.82) is 0 Å². The number of hydrogen-bond acceptors (Lipinski definition) is 3. The Hall–Kier alpha value is -0.0900. The molecule has 0 radical (unpaired) electrons. The molecule has 3 atom stereocenters. The Morgan fingerprint density at radius 1 is 1.47 bits per heavy atom. The zero-order valence-corrected chi connectivity index (χ0v) is 10.5. The van der Waals surface area contributed by atoms with Gasteiger partial charge in [0.25, 0.3) is 0 Å². The second-order valence-electron chi connectivity index (χ2n) is 4.91. The summed E-state index contributed by atoms with van der Waals surface area (Å²) in [4.78, 5) is 0. The van der Waals surface area contributed by atoms with Gasteiger partial charge in [-0.15, -0.1) is 0 Å². The van der Waals surface area contributed by atoms with Gasteiger partial charge in [-0.3, -0.25) is 0 Å². The first-order valence-electron chi connectivity index (χ1n) is 5.81. The van der Waals surface area contributed by atoms with Gasteiger partial charge in [0.1, 0.15) is 0 Å². The molecule has 15 heavy (non-hydrogen) atoms. The van der Waals surface area contributed by atoms with Gasteiger partial charge in [-0.2, -0.15) is 0 Å². The van der Waals surface area contributed by atoms with Crippen LogP contribution < -0.4 is 0 Å². The van der Waals surface area contributed by atoms with Crippen molar-refractivity contribution in [2.75, 3.05) is 11.5 Å². The lowest BCUT2D eigenvalue weighted by molar-refractivity contribution is 0.120. The van der Waals surface area contributed by atoms with Crippen molar-refractivity contribution in [1.82, 2.24) is 0 Å². The van der Waals surface area contributed by atoms with Crippen LogP contribution in [0.15, 0.2) is 0 Å². The average Bonchev–Trinajstić information content (AvgIpc) is 2.44. The van der Waals surface area contributed by atoms with E-state index in [2.05, 4.69) is 13.8 Å². The molecule has 0 bridgehead atoms. The molecule has 0 aromatic carbocycles. The quantitative estimate of drug-likeness (QED) is 0.786. The number of hydrogen-bond donors (Lipinski definition) is 1. The summed E-state index contributed by atoms with van der Waals surface area (Å²) in [5, 5.41) is 9.79. The van der Waals surface area contributed by atoms with Crippen LogP contribution in [0.5, 0.6) is 0 Å². The zero-order valence-electron chi connectivity index (χ0n) is 9.65. The summed E-state index contributed by atoms with van der Waals surface area (Å²) in [5.41, 5.74) is 0. The van der Waals surface area contributed by atoms with Crippen LogP contribution >= 0.6 is 0 Å². The van der Waals surface area contributed by atoms with Gasteiger partial charge < -0.3 is 5.11 Å². The molecule has 0 saturated carbocycles. The van der Waals surface area contributed by atoms with E-state index in [0.717, 1.165) is 19.3 Å². The van der Waals surface area contributed by atoms with E-state index in [-0.39, 0.29) is 17.8 Å². The van der Waals surface area contributed by atoms with Crippen LogP contribution in [0.2, 0.25) is 0 Å². The minimum Gasteiger partial charge on any atom is -0.393 e. The summed E-state index contributed by atoms with van der Waals surface area (Å²) >= 11 is 0. The molecule has 0 aromatic heterocycles. The van der Waals surface area contributed by atoms with Crippen molar-refractivity contribution in [2.45, 2.75) is 45.6 Å². The van der Waals surface area contributed by atoms with Gasteiger partial charge in [-0.25, -0.2) is 8.42 Å². The Kier molecular flexibility index (Phi) is 4.59. The highest BCUT2D eigenvalue weighted by atomic mass is 32.2. The topological polar surface area (TPSA) is 54.4 Å². The maximum absolute atomic E-state index is 11.2. The van der Waals surface area contributed by atoms with Gasteiger partial charge in [-0.05, 0) is 31.1 Å². The molecule has 1 saturated heterocycles. The smallest absolute Gasteiger partial charge is 0.150 e. The second-order valence-corrected chi connectivity index (χ2v) is 7.14. The van der Waals surface area contributed by atoms with E-state index in [1.807, 2.05) is 0 Å². The number of sulfone groups is 1. The SMILES string of the molecule is CCC(C)CC(O)CC1CCS(=O)(=O)C1. The summed E-state index contributed by atoms with van der Waals surface area (Å²) in [6.45, 7) is 4.23. The molecule has 1 rings (SSSR count). The maximum Gasteiger partial charge on any atom is 0.150 e. The predicted molar refractivity (Wildman–Crippen MR) is 61.5 cm³/mol. The first-order valence-corrected chi connectivity index (χ1v) is 7.63. The van der Waals surface area contributed by atoms with E-state index in [4.69, 9.17) is 0 Å². The highest BCUT2D eigenvalue weighted by Crippen LogP contribution is 2.25. The zero-order chi connectivity index (χ0) is 11.5.